The molecule has 0 atom stereocenters. The quantitative estimate of drug-likeness (QED) is 0.476. The van der Waals surface area contributed by atoms with E-state index < -0.39 is 0 Å². The monoisotopic (exact) mass is 393 g/mol. The fraction of sp³-hybridized carbons (Fsp3) is 0.500. The Morgan fingerprint density at radius 2 is 2.26 bits per heavy atom. The first-order valence-corrected chi connectivity index (χ1v) is 6.92. The van der Waals surface area contributed by atoms with E-state index in [1.165, 1.54) is 0 Å². The van der Waals surface area contributed by atoms with Crippen LogP contribution >= 0.6 is 35.3 Å². The van der Waals surface area contributed by atoms with Crippen molar-refractivity contribution in [2.45, 2.75) is 20.4 Å². The number of aliphatic imine (C=N–C) groups is 1. The lowest BCUT2D eigenvalue weighted by Crippen LogP contribution is -2.38. The number of nitrogens with one attached hydrogen (secondary N) is 2. The second-order valence-corrected chi connectivity index (χ2v) is 5.40. The van der Waals surface area contributed by atoms with Gasteiger partial charge < -0.3 is 10.6 Å². The second-order valence-electron chi connectivity index (χ2n) is 4.53. The molecule has 2 aromatic rings. The minimum absolute atomic E-state index is 0. The van der Waals surface area contributed by atoms with Crippen molar-refractivity contribution < 1.29 is 0 Å². The van der Waals surface area contributed by atoms with Crippen LogP contribution in [0.5, 0.6) is 0 Å². The lowest BCUT2D eigenvalue weighted by Gasteiger charge is -2.12. The molecule has 0 amide bonds. The maximum Gasteiger partial charge on any atom is 0.193 e. The number of guanidine groups is 1. The van der Waals surface area contributed by atoms with E-state index in [0.29, 0.717) is 12.5 Å². The highest BCUT2D eigenvalue weighted by Crippen LogP contribution is 2.10. The third kappa shape index (κ3) is 4.64. The zero-order chi connectivity index (χ0) is 13.0. The highest BCUT2D eigenvalue weighted by atomic mass is 127. The molecule has 0 radical (unpaired) electrons. The zero-order valence-corrected chi connectivity index (χ0v) is 14.5. The fourth-order valence-corrected chi connectivity index (χ4v) is 2.28. The van der Waals surface area contributed by atoms with Gasteiger partial charge in [-0.05, 0) is 5.92 Å². The van der Waals surface area contributed by atoms with Crippen LogP contribution in [-0.4, -0.2) is 28.9 Å². The van der Waals surface area contributed by atoms with Crippen molar-refractivity contribution in [1.82, 2.24) is 20.0 Å². The Balaban J connectivity index is 0.00000180. The molecule has 0 aliphatic rings. The lowest BCUT2D eigenvalue weighted by molar-refractivity contribution is 0.614. The Hall–Kier alpha value is -0.830. The van der Waals surface area contributed by atoms with Crippen molar-refractivity contribution in [3.63, 3.8) is 0 Å². The van der Waals surface area contributed by atoms with Crippen LogP contribution in [0.4, 0.5) is 0 Å². The number of halogens is 1. The van der Waals surface area contributed by atoms with Crippen LogP contribution in [0.1, 0.15) is 19.5 Å². The molecule has 2 heterocycles. The summed E-state index contributed by atoms with van der Waals surface area (Å²) in [6, 6.07) is 0. The van der Waals surface area contributed by atoms with Gasteiger partial charge in [-0.1, -0.05) is 13.8 Å². The van der Waals surface area contributed by atoms with Crippen LogP contribution in [0.3, 0.4) is 0 Å². The number of thiazole rings is 1. The van der Waals surface area contributed by atoms with Crippen molar-refractivity contribution >= 4 is 46.2 Å². The van der Waals surface area contributed by atoms with Gasteiger partial charge in [-0.3, -0.25) is 9.39 Å². The van der Waals surface area contributed by atoms with Crippen LogP contribution in [0.25, 0.3) is 4.96 Å². The van der Waals surface area contributed by atoms with Gasteiger partial charge in [-0.25, -0.2) is 4.98 Å². The predicted octanol–water partition coefficient (Wildman–Crippen LogP) is 2.33. The van der Waals surface area contributed by atoms with Crippen molar-refractivity contribution in [3.8, 4) is 0 Å². The van der Waals surface area contributed by atoms with E-state index in [0.717, 1.165) is 23.2 Å². The van der Waals surface area contributed by atoms with Gasteiger partial charge in [-0.2, -0.15) is 0 Å². The predicted molar refractivity (Wildman–Crippen MR) is 91.5 cm³/mol. The molecule has 5 nitrogen and oxygen atoms in total. The molecule has 7 heteroatoms. The Kier molecular flexibility index (Phi) is 6.56. The summed E-state index contributed by atoms with van der Waals surface area (Å²) in [6.07, 6.45) is 4.05. The summed E-state index contributed by atoms with van der Waals surface area (Å²) in [7, 11) is 1.78. The first-order chi connectivity index (χ1) is 8.69. The minimum Gasteiger partial charge on any atom is -0.356 e. The summed E-state index contributed by atoms with van der Waals surface area (Å²) in [5, 5.41) is 8.56. The summed E-state index contributed by atoms with van der Waals surface area (Å²) in [4.78, 5) is 9.71. The maximum atomic E-state index is 4.51. The van der Waals surface area contributed by atoms with Crippen LogP contribution in [0, 0.1) is 5.92 Å². The molecular weight excluding hydrogens is 373 g/mol. The maximum absolute atomic E-state index is 4.51. The van der Waals surface area contributed by atoms with Gasteiger partial charge in [0.15, 0.2) is 10.9 Å². The standard InChI is InChI=1S/C12H19N5S.HI/c1-9(2)6-14-11(13-3)15-7-10-8-17-4-5-18-12(17)16-10;/h4-5,8-9H,6-7H2,1-3H3,(H2,13,14,15);1H. The van der Waals surface area contributed by atoms with E-state index in [4.69, 9.17) is 0 Å². The molecule has 0 aliphatic heterocycles. The zero-order valence-electron chi connectivity index (χ0n) is 11.4. The third-order valence-corrected chi connectivity index (χ3v) is 3.25. The number of aromatic nitrogens is 2. The SMILES string of the molecule is CN=C(NCc1cn2ccsc2n1)NCC(C)C.I. The van der Waals surface area contributed by atoms with E-state index in [1.807, 2.05) is 22.2 Å². The number of hydrogen-bond acceptors (Lipinski definition) is 3. The van der Waals surface area contributed by atoms with E-state index in [-0.39, 0.29) is 24.0 Å². The molecule has 0 saturated carbocycles. The number of nitrogens with zero attached hydrogens (tertiary/aromatic N) is 3. The van der Waals surface area contributed by atoms with Gasteiger partial charge in [0.2, 0.25) is 0 Å². The molecule has 2 N–H and O–H groups in total. The molecule has 0 aliphatic carbocycles. The van der Waals surface area contributed by atoms with Crippen molar-refractivity contribution in [2.75, 3.05) is 13.6 Å². The molecule has 0 unspecified atom stereocenters. The van der Waals surface area contributed by atoms with Crippen LogP contribution in [0.15, 0.2) is 22.8 Å². The van der Waals surface area contributed by atoms with Crippen molar-refractivity contribution in [1.29, 1.82) is 0 Å². The minimum atomic E-state index is 0. The topological polar surface area (TPSA) is 53.7 Å². The average Bonchev–Trinajstić information content (AvgIpc) is 2.89. The molecule has 2 rings (SSSR count). The lowest BCUT2D eigenvalue weighted by atomic mass is 10.2. The van der Waals surface area contributed by atoms with E-state index in [1.54, 1.807) is 18.4 Å². The number of rotatable bonds is 4. The Labute approximate surface area is 134 Å². The van der Waals surface area contributed by atoms with Gasteiger partial charge in [0.05, 0.1) is 12.2 Å². The first-order valence-electron chi connectivity index (χ1n) is 6.04. The first kappa shape index (κ1) is 16.2. The molecule has 0 aromatic carbocycles. The molecule has 0 spiro atoms. The molecule has 2 aromatic heterocycles. The van der Waals surface area contributed by atoms with E-state index in [9.17, 15) is 0 Å². The molecule has 0 saturated heterocycles. The van der Waals surface area contributed by atoms with Crippen molar-refractivity contribution in [2.24, 2.45) is 10.9 Å². The van der Waals surface area contributed by atoms with Gasteiger partial charge in [0.1, 0.15) is 0 Å². The fourth-order valence-electron chi connectivity index (χ4n) is 1.56. The Bertz CT molecular complexity index is 502. The van der Waals surface area contributed by atoms with Crippen molar-refractivity contribution in [3.05, 3.63) is 23.5 Å². The third-order valence-electron chi connectivity index (χ3n) is 2.48. The van der Waals surface area contributed by atoms with E-state index in [2.05, 4.69) is 34.5 Å². The molecule has 0 fully saturated rings. The molecular formula is C12H20IN5S. The van der Waals surface area contributed by atoms with Crippen LogP contribution in [-0.2, 0) is 6.54 Å². The van der Waals surface area contributed by atoms with E-state index >= 15 is 0 Å². The largest absolute Gasteiger partial charge is 0.356 e. The number of imidazole rings is 1. The van der Waals surface area contributed by atoms with Gasteiger partial charge in [0, 0.05) is 31.4 Å². The highest BCUT2D eigenvalue weighted by molar-refractivity contribution is 14.0. The number of fused-ring (bicyclic) bond motifs is 1. The summed E-state index contributed by atoms with van der Waals surface area (Å²) in [5.74, 6) is 1.42. The Morgan fingerprint density at radius 3 is 2.89 bits per heavy atom. The Morgan fingerprint density at radius 1 is 1.47 bits per heavy atom. The summed E-state index contributed by atoms with van der Waals surface area (Å²) in [6.45, 7) is 5.94. The van der Waals surface area contributed by atoms with Gasteiger partial charge in [0.25, 0.3) is 0 Å². The summed E-state index contributed by atoms with van der Waals surface area (Å²) < 4.78 is 2.03. The van der Waals surface area contributed by atoms with Gasteiger partial charge >= 0.3 is 0 Å². The summed E-state index contributed by atoms with van der Waals surface area (Å²) >= 11 is 1.64. The second kappa shape index (κ2) is 7.68. The summed E-state index contributed by atoms with van der Waals surface area (Å²) in [5.41, 5.74) is 1.02. The van der Waals surface area contributed by atoms with Crippen LogP contribution in [0.2, 0.25) is 0 Å². The highest BCUT2D eigenvalue weighted by Gasteiger charge is 2.04. The number of hydrogen-bond donors (Lipinski definition) is 2. The van der Waals surface area contributed by atoms with Gasteiger partial charge in [-0.15, -0.1) is 35.3 Å². The smallest absolute Gasteiger partial charge is 0.193 e. The average molecular weight is 393 g/mol. The molecule has 106 valence electrons. The normalized spacial score (nSPS) is 11.7. The molecule has 19 heavy (non-hydrogen) atoms. The molecule has 0 bridgehead atoms. The van der Waals surface area contributed by atoms with Crippen LogP contribution < -0.4 is 10.6 Å².